The molecule has 0 N–H and O–H groups in total. The predicted molar refractivity (Wildman–Crippen MR) is 86.8 cm³/mol. The molecule has 2 rings (SSSR count). The van der Waals surface area contributed by atoms with Gasteiger partial charge in [-0.15, -0.1) is 0 Å². The fourth-order valence-corrected chi connectivity index (χ4v) is 5.14. The van der Waals surface area contributed by atoms with Crippen molar-refractivity contribution in [3.63, 3.8) is 0 Å². The molecule has 2 atom stereocenters. The van der Waals surface area contributed by atoms with E-state index in [2.05, 4.69) is 13.8 Å². The van der Waals surface area contributed by atoms with Crippen molar-refractivity contribution in [3.8, 4) is 0 Å². The number of piperidine rings is 1. The minimum absolute atomic E-state index is 0.0918. The molecular weight excluding hydrogens is 282 g/mol. The van der Waals surface area contributed by atoms with Crippen molar-refractivity contribution in [1.29, 1.82) is 0 Å². The lowest BCUT2D eigenvalue weighted by atomic mass is 10.0. The lowest BCUT2D eigenvalue weighted by Gasteiger charge is -2.37. The molecule has 0 radical (unpaired) electrons. The van der Waals surface area contributed by atoms with Crippen LogP contribution in [-0.4, -0.2) is 24.8 Å². The van der Waals surface area contributed by atoms with Gasteiger partial charge in [0.25, 0.3) is 0 Å². The summed E-state index contributed by atoms with van der Waals surface area (Å²) in [5, 5.41) is 0. The Morgan fingerprint density at radius 1 is 1.10 bits per heavy atom. The average molecular weight is 309 g/mol. The normalized spacial score (nSPS) is 24.4. The van der Waals surface area contributed by atoms with Gasteiger partial charge in [-0.25, -0.2) is 8.42 Å². The first-order chi connectivity index (χ1) is 9.82. The first-order valence-corrected chi connectivity index (χ1v) is 9.39. The van der Waals surface area contributed by atoms with Gasteiger partial charge in [-0.05, 0) is 56.7 Å². The van der Waals surface area contributed by atoms with Gasteiger partial charge in [0.1, 0.15) is 0 Å². The van der Waals surface area contributed by atoms with Gasteiger partial charge in [0.2, 0.25) is 10.0 Å². The molecule has 118 valence electrons. The maximum absolute atomic E-state index is 12.9. The molecule has 1 saturated heterocycles. The molecule has 0 spiro atoms. The van der Waals surface area contributed by atoms with Crippen LogP contribution in [0.5, 0.6) is 0 Å². The fourth-order valence-electron chi connectivity index (χ4n) is 3.26. The molecule has 0 bridgehead atoms. The Morgan fingerprint density at radius 3 is 2.10 bits per heavy atom. The number of hydrogen-bond donors (Lipinski definition) is 0. The molecule has 21 heavy (non-hydrogen) atoms. The van der Waals surface area contributed by atoms with E-state index in [-0.39, 0.29) is 12.1 Å². The molecule has 3 nitrogen and oxygen atoms in total. The van der Waals surface area contributed by atoms with Crippen LogP contribution in [0, 0.1) is 5.92 Å². The molecule has 0 amide bonds. The van der Waals surface area contributed by atoms with Crippen LogP contribution in [0.25, 0.3) is 0 Å². The molecule has 2 unspecified atom stereocenters. The molecule has 1 aliphatic rings. The number of sulfonamides is 1. The summed E-state index contributed by atoms with van der Waals surface area (Å²) in [4.78, 5) is 0.426. The van der Waals surface area contributed by atoms with Crippen molar-refractivity contribution in [3.05, 3.63) is 29.8 Å². The lowest BCUT2D eigenvalue weighted by molar-refractivity contribution is 0.204. The van der Waals surface area contributed by atoms with Gasteiger partial charge in [-0.1, -0.05) is 32.4 Å². The number of nitrogens with zero attached hydrogens (tertiary/aromatic N) is 1. The van der Waals surface area contributed by atoms with Gasteiger partial charge in [0.15, 0.2) is 0 Å². The van der Waals surface area contributed by atoms with Crippen molar-refractivity contribution in [2.45, 2.75) is 70.4 Å². The van der Waals surface area contributed by atoms with Gasteiger partial charge in [-0.2, -0.15) is 4.31 Å². The Bertz CT molecular complexity index is 553. The largest absolute Gasteiger partial charge is 0.243 e. The van der Waals surface area contributed by atoms with Crippen molar-refractivity contribution in [2.75, 3.05) is 0 Å². The monoisotopic (exact) mass is 309 g/mol. The average Bonchev–Trinajstić information content (AvgIpc) is 2.38. The molecule has 0 aromatic heterocycles. The highest BCUT2D eigenvalue weighted by atomic mass is 32.2. The van der Waals surface area contributed by atoms with E-state index < -0.39 is 10.0 Å². The summed E-state index contributed by atoms with van der Waals surface area (Å²) >= 11 is 0. The Kier molecular flexibility index (Phi) is 5.10. The van der Waals surface area contributed by atoms with E-state index in [0.717, 1.165) is 25.7 Å². The summed E-state index contributed by atoms with van der Waals surface area (Å²) in [6.07, 6.45) is 4.00. The van der Waals surface area contributed by atoms with Crippen molar-refractivity contribution in [2.24, 2.45) is 5.92 Å². The summed E-state index contributed by atoms with van der Waals surface area (Å²) in [6, 6.07) is 7.61. The van der Waals surface area contributed by atoms with Crippen molar-refractivity contribution in [1.82, 2.24) is 4.31 Å². The van der Waals surface area contributed by atoms with Gasteiger partial charge in [0.05, 0.1) is 4.90 Å². The van der Waals surface area contributed by atoms with Crippen LogP contribution in [-0.2, 0) is 16.4 Å². The maximum atomic E-state index is 12.9. The van der Waals surface area contributed by atoms with Crippen molar-refractivity contribution >= 4 is 10.0 Å². The zero-order valence-electron chi connectivity index (χ0n) is 13.5. The molecule has 1 heterocycles. The minimum atomic E-state index is -3.37. The van der Waals surface area contributed by atoms with E-state index in [1.165, 1.54) is 5.56 Å². The van der Waals surface area contributed by atoms with Crippen LogP contribution in [0.2, 0.25) is 0 Å². The molecule has 1 fully saturated rings. The highest BCUT2D eigenvalue weighted by molar-refractivity contribution is 7.89. The highest BCUT2D eigenvalue weighted by Crippen LogP contribution is 2.29. The summed E-state index contributed by atoms with van der Waals surface area (Å²) in [5.41, 5.74) is 1.20. The Hall–Kier alpha value is -0.870. The van der Waals surface area contributed by atoms with Gasteiger partial charge < -0.3 is 0 Å². The predicted octanol–water partition coefficient (Wildman–Crippen LogP) is 3.84. The number of hydrogen-bond acceptors (Lipinski definition) is 2. The van der Waals surface area contributed by atoms with Crippen LogP contribution < -0.4 is 0 Å². The number of rotatable bonds is 4. The topological polar surface area (TPSA) is 37.4 Å². The van der Waals surface area contributed by atoms with Gasteiger partial charge in [0, 0.05) is 12.1 Å². The van der Waals surface area contributed by atoms with E-state index in [0.29, 0.717) is 10.8 Å². The van der Waals surface area contributed by atoms with E-state index >= 15 is 0 Å². The first kappa shape index (κ1) is 16.5. The lowest BCUT2D eigenvalue weighted by Crippen LogP contribution is -2.47. The second-order valence-electron chi connectivity index (χ2n) is 6.71. The Labute approximate surface area is 129 Å². The van der Waals surface area contributed by atoms with Crippen LogP contribution in [0.15, 0.2) is 29.2 Å². The van der Waals surface area contributed by atoms with Crippen LogP contribution >= 0.6 is 0 Å². The first-order valence-electron chi connectivity index (χ1n) is 7.95. The molecule has 1 aromatic carbocycles. The van der Waals surface area contributed by atoms with Gasteiger partial charge >= 0.3 is 0 Å². The fraction of sp³-hybridized carbons (Fsp3) is 0.647. The maximum Gasteiger partial charge on any atom is 0.243 e. The van der Waals surface area contributed by atoms with Gasteiger partial charge in [-0.3, -0.25) is 0 Å². The minimum Gasteiger partial charge on any atom is -0.207 e. The molecule has 0 aliphatic carbocycles. The molecule has 1 aliphatic heterocycles. The Morgan fingerprint density at radius 2 is 1.62 bits per heavy atom. The van der Waals surface area contributed by atoms with Crippen molar-refractivity contribution < 1.29 is 8.42 Å². The molecular formula is C17H27NO2S. The molecule has 0 saturated carbocycles. The summed E-state index contributed by atoms with van der Waals surface area (Å²) < 4.78 is 27.4. The summed E-state index contributed by atoms with van der Waals surface area (Å²) in [6.45, 7) is 8.37. The highest BCUT2D eigenvalue weighted by Gasteiger charge is 2.35. The number of benzene rings is 1. The third-order valence-electron chi connectivity index (χ3n) is 4.26. The zero-order valence-corrected chi connectivity index (χ0v) is 14.4. The standard InChI is InChI=1S/C17H27NO2S/c1-13(2)12-16-8-10-17(11-9-16)21(19,20)18-14(3)6-5-7-15(18)4/h8-11,13-15H,5-7,12H2,1-4H3. The van der Waals surface area contributed by atoms with Crippen LogP contribution in [0.3, 0.4) is 0 Å². The van der Waals surface area contributed by atoms with E-state index in [9.17, 15) is 8.42 Å². The van der Waals surface area contributed by atoms with Crippen LogP contribution in [0.4, 0.5) is 0 Å². The van der Waals surface area contributed by atoms with E-state index in [1.807, 2.05) is 26.0 Å². The smallest absolute Gasteiger partial charge is 0.207 e. The Balaban J connectivity index is 2.26. The summed E-state index contributed by atoms with van der Waals surface area (Å²) in [5.74, 6) is 0.578. The SMILES string of the molecule is CC(C)Cc1ccc(S(=O)(=O)N2C(C)CCCC2C)cc1. The quantitative estimate of drug-likeness (QED) is 0.847. The second kappa shape index (κ2) is 6.49. The second-order valence-corrected chi connectivity index (χ2v) is 8.55. The summed E-state index contributed by atoms with van der Waals surface area (Å²) in [7, 11) is -3.37. The third kappa shape index (κ3) is 3.67. The molecule has 4 heteroatoms. The van der Waals surface area contributed by atoms with E-state index in [1.54, 1.807) is 16.4 Å². The zero-order chi connectivity index (χ0) is 15.6. The molecule has 1 aromatic rings. The third-order valence-corrected chi connectivity index (χ3v) is 6.40. The van der Waals surface area contributed by atoms with E-state index in [4.69, 9.17) is 0 Å². The van der Waals surface area contributed by atoms with Crippen LogP contribution in [0.1, 0.15) is 52.5 Å².